The average Bonchev–Trinajstić information content (AvgIpc) is 2.55. The first kappa shape index (κ1) is 13.3. The molecule has 3 rings (SSSR count). The van der Waals surface area contributed by atoms with Gasteiger partial charge in [-0.3, -0.25) is 4.79 Å². The van der Waals surface area contributed by atoms with Crippen LogP contribution in [0.2, 0.25) is 0 Å². The molecule has 0 aliphatic heterocycles. The number of aryl methyl sites for hydroxylation is 1. The number of carbonyl (C=O) groups is 1. The summed E-state index contributed by atoms with van der Waals surface area (Å²) in [6.45, 7) is 2.07. The van der Waals surface area contributed by atoms with Gasteiger partial charge in [0.1, 0.15) is 0 Å². The van der Waals surface area contributed by atoms with Gasteiger partial charge in [0, 0.05) is 11.1 Å². The van der Waals surface area contributed by atoms with Crippen LogP contribution in [-0.2, 0) is 0 Å². The van der Waals surface area contributed by atoms with Gasteiger partial charge in [0.25, 0.3) is 0 Å². The van der Waals surface area contributed by atoms with E-state index in [1.54, 1.807) is 0 Å². The molecule has 0 N–H and O–H groups in total. The van der Waals surface area contributed by atoms with E-state index in [2.05, 4.69) is 25.1 Å². The fourth-order valence-electron chi connectivity index (χ4n) is 2.42. The molecule has 0 atom stereocenters. The van der Waals surface area contributed by atoms with Crippen molar-refractivity contribution in [1.82, 2.24) is 0 Å². The quantitative estimate of drug-likeness (QED) is 0.620. The first-order valence-corrected chi connectivity index (χ1v) is 7.01. The lowest BCUT2D eigenvalue weighted by atomic mass is 9.97. The molecule has 21 heavy (non-hydrogen) atoms. The summed E-state index contributed by atoms with van der Waals surface area (Å²) in [6.07, 6.45) is 0. The minimum absolute atomic E-state index is 0.0603. The van der Waals surface area contributed by atoms with E-state index in [-0.39, 0.29) is 5.78 Å². The van der Waals surface area contributed by atoms with E-state index in [4.69, 9.17) is 0 Å². The van der Waals surface area contributed by atoms with Gasteiger partial charge in [-0.25, -0.2) is 0 Å². The molecule has 0 aliphatic rings. The highest BCUT2D eigenvalue weighted by molar-refractivity contribution is 6.09. The van der Waals surface area contributed by atoms with Crippen molar-refractivity contribution >= 4 is 5.78 Å². The van der Waals surface area contributed by atoms with Crippen LogP contribution in [0.5, 0.6) is 0 Å². The second-order valence-electron chi connectivity index (χ2n) is 5.15. The molecule has 0 saturated carbocycles. The molecule has 0 amide bonds. The van der Waals surface area contributed by atoms with Crippen LogP contribution in [0.4, 0.5) is 0 Å². The zero-order chi connectivity index (χ0) is 14.7. The Hall–Kier alpha value is -2.67. The lowest BCUT2D eigenvalue weighted by Crippen LogP contribution is -2.00. The fourth-order valence-corrected chi connectivity index (χ4v) is 2.42. The zero-order valence-electron chi connectivity index (χ0n) is 11.9. The minimum atomic E-state index is 0.0603. The summed E-state index contributed by atoms with van der Waals surface area (Å²) < 4.78 is 0. The van der Waals surface area contributed by atoms with Crippen molar-refractivity contribution in [3.8, 4) is 11.1 Å². The fraction of sp³-hybridized carbons (Fsp3) is 0.0500. The lowest BCUT2D eigenvalue weighted by Gasteiger charge is -2.06. The van der Waals surface area contributed by atoms with Crippen molar-refractivity contribution in [2.24, 2.45) is 0 Å². The molecule has 0 bridgehead atoms. The third-order valence-electron chi connectivity index (χ3n) is 3.51. The third-order valence-corrected chi connectivity index (χ3v) is 3.51. The van der Waals surface area contributed by atoms with Gasteiger partial charge < -0.3 is 0 Å². The van der Waals surface area contributed by atoms with E-state index >= 15 is 0 Å². The molecule has 0 spiro atoms. The maximum absolute atomic E-state index is 12.5. The molecule has 1 nitrogen and oxygen atoms in total. The smallest absolute Gasteiger partial charge is 0.193 e. The van der Waals surface area contributed by atoms with Crippen molar-refractivity contribution in [2.45, 2.75) is 6.92 Å². The van der Waals surface area contributed by atoms with Crippen LogP contribution in [0.25, 0.3) is 11.1 Å². The highest BCUT2D eigenvalue weighted by Crippen LogP contribution is 2.22. The van der Waals surface area contributed by atoms with E-state index in [1.807, 2.05) is 60.7 Å². The van der Waals surface area contributed by atoms with Gasteiger partial charge in [0.2, 0.25) is 0 Å². The van der Waals surface area contributed by atoms with Crippen molar-refractivity contribution in [3.63, 3.8) is 0 Å². The Morgan fingerprint density at radius 1 is 0.667 bits per heavy atom. The summed E-state index contributed by atoms with van der Waals surface area (Å²) in [5.41, 5.74) is 4.87. The Kier molecular flexibility index (Phi) is 3.65. The Bertz CT molecular complexity index is 773. The van der Waals surface area contributed by atoms with E-state index in [1.165, 1.54) is 5.56 Å². The maximum Gasteiger partial charge on any atom is 0.193 e. The van der Waals surface area contributed by atoms with E-state index < -0.39 is 0 Å². The second kappa shape index (κ2) is 5.76. The van der Waals surface area contributed by atoms with Gasteiger partial charge in [-0.15, -0.1) is 0 Å². The first-order chi connectivity index (χ1) is 10.2. The summed E-state index contributed by atoms with van der Waals surface area (Å²) in [5, 5.41) is 0. The summed E-state index contributed by atoms with van der Waals surface area (Å²) in [7, 11) is 0. The van der Waals surface area contributed by atoms with Crippen LogP contribution in [0, 0.1) is 6.92 Å². The standard InChI is InChI=1S/C20H16O/c1-15-7-5-10-17(13-15)18-11-6-12-19(14-18)20(21)16-8-3-2-4-9-16/h2-14H,1H3. The predicted octanol–water partition coefficient (Wildman–Crippen LogP) is 4.89. The van der Waals surface area contributed by atoms with Crippen LogP contribution in [0.15, 0.2) is 78.9 Å². The molecule has 3 aromatic carbocycles. The zero-order valence-corrected chi connectivity index (χ0v) is 11.9. The molecule has 0 aliphatic carbocycles. The molecule has 0 saturated heterocycles. The Labute approximate surface area is 124 Å². The first-order valence-electron chi connectivity index (χ1n) is 7.01. The third kappa shape index (κ3) is 2.92. The van der Waals surface area contributed by atoms with Gasteiger partial charge in [0.15, 0.2) is 5.78 Å². The molecule has 0 heterocycles. The second-order valence-corrected chi connectivity index (χ2v) is 5.15. The number of hydrogen-bond acceptors (Lipinski definition) is 1. The van der Waals surface area contributed by atoms with Gasteiger partial charge in [-0.05, 0) is 24.1 Å². The highest BCUT2D eigenvalue weighted by atomic mass is 16.1. The van der Waals surface area contributed by atoms with Crippen molar-refractivity contribution in [2.75, 3.05) is 0 Å². The highest BCUT2D eigenvalue weighted by Gasteiger charge is 2.09. The van der Waals surface area contributed by atoms with Crippen molar-refractivity contribution < 1.29 is 4.79 Å². The molecule has 0 radical (unpaired) electrons. The number of hydrogen-bond donors (Lipinski definition) is 0. The van der Waals surface area contributed by atoms with Crippen molar-refractivity contribution in [1.29, 1.82) is 0 Å². The molecule has 0 fully saturated rings. The van der Waals surface area contributed by atoms with Gasteiger partial charge >= 0.3 is 0 Å². The van der Waals surface area contributed by atoms with E-state index in [0.29, 0.717) is 0 Å². The molecule has 0 aromatic heterocycles. The predicted molar refractivity (Wildman–Crippen MR) is 86.5 cm³/mol. The summed E-state index contributed by atoms with van der Waals surface area (Å²) >= 11 is 0. The summed E-state index contributed by atoms with van der Waals surface area (Å²) in [5.74, 6) is 0.0603. The monoisotopic (exact) mass is 272 g/mol. The average molecular weight is 272 g/mol. The normalized spacial score (nSPS) is 10.3. The molecule has 102 valence electrons. The molecule has 1 heteroatoms. The number of benzene rings is 3. The van der Waals surface area contributed by atoms with Crippen LogP contribution < -0.4 is 0 Å². The molecule has 0 unspecified atom stereocenters. The topological polar surface area (TPSA) is 17.1 Å². The molecular weight excluding hydrogens is 256 g/mol. The van der Waals surface area contributed by atoms with E-state index in [9.17, 15) is 4.79 Å². The maximum atomic E-state index is 12.5. The van der Waals surface area contributed by atoms with Crippen LogP contribution in [-0.4, -0.2) is 5.78 Å². The minimum Gasteiger partial charge on any atom is -0.289 e. The van der Waals surface area contributed by atoms with Crippen molar-refractivity contribution in [3.05, 3.63) is 95.6 Å². The molecule has 3 aromatic rings. The largest absolute Gasteiger partial charge is 0.289 e. The Balaban J connectivity index is 1.99. The van der Waals surface area contributed by atoms with Crippen LogP contribution >= 0.6 is 0 Å². The SMILES string of the molecule is Cc1cccc(-c2cccc(C(=O)c3ccccc3)c2)c1. The summed E-state index contributed by atoms with van der Waals surface area (Å²) in [6, 6.07) is 25.5. The van der Waals surface area contributed by atoms with Crippen LogP contribution in [0.3, 0.4) is 0 Å². The summed E-state index contributed by atoms with van der Waals surface area (Å²) in [4.78, 5) is 12.5. The van der Waals surface area contributed by atoms with E-state index in [0.717, 1.165) is 22.3 Å². The molecular formula is C20H16O. The van der Waals surface area contributed by atoms with Gasteiger partial charge in [0.05, 0.1) is 0 Å². The lowest BCUT2D eigenvalue weighted by molar-refractivity contribution is 0.103. The van der Waals surface area contributed by atoms with Gasteiger partial charge in [-0.1, -0.05) is 78.4 Å². The number of ketones is 1. The Morgan fingerprint density at radius 3 is 2.00 bits per heavy atom. The van der Waals surface area contributed by atoms with Crippen LogP contribution in [0.1, 0.15) is 21.5 Å². The Morgan fingerprint density at radius 2 is 1.29 bits per heavy atom. The van der Waals surface area contributed by atoms with Gasteiger partial charge in [-0.2, -0.15) is 0 Å². The number of carbonyl (C=O) groups excluding carboxylic acids is 1. The number of rotatable bonds is 3.